The van der Waals surface area contributed by atoms with E-state index in [1.807, 2.05) is 6.07 Å². The first-order chi connectivity index (χ1) is 7.75. The van der Waals surface area contributed by atoms with Crippen LogP contribution in [-0.2, 0) is 6.54 Å². The van der Waals surface area contributed by atoms with Crippen LogP contribution in [0.3, 0.4) is 0 Å². The van der Waals surface area contributed by atoms with Crippen LogP contribution in [0.4, 0.5) is 0 Å². The molecule has 0 amide bonds. The highest BCUT2D eigenvalue weighted by Crippen LogP contribution is 2.23. The highest BCUT2D eigenvalue weighted by atomic mass is 35.5. The predicted octanol–water partition coefficient (Wildman–Crippen LogP) is 3.42. The summed E-state index contributed by atoms with van der Waals surface area (Å²) in [6.07, 6.45) is 5.27. The number of phenols is 1. The molecule has 88 valence electrons. The van der Waals surface area contributed by atoms with Crippen molar-refractivity contribution in [3.8, 4) is 5.75 Å². The van der Waals surface area contributed by atoms with Crippen LogP contribution in [0.2, 0.25) is 5.02 Å². The van der Waals surface area contributed by atoms with Gasteiger partial charge in [0.2, 0.25) is 0 Å². The fourth-order valence-electron chi connectivity index (χ4n) is 2.20. The largest absolute Gasteiger partial charge is 0.508 e. The van der Waals surface area contributed by atoms with Gasteiger partial charge in [0.05, 0.1) is 0 Å². The first-order valence-electron chi connectivity index (χ1n) is 5.95. The maximum Gasteiger partial charge on any atom is 0.117 e. The molecule has 1 aliphatic rings. The molecule has 1 N–H and O–H groups in total. The van der Waals surface area contributed by atoms with Crippen LogP contribution in [0, 0.1) is 0 Å². The zero-order chi connectivity index (χ0) is 11.4. The third kappa shape index (κ3) is 3.13. The summed E-state index contributed by atoms with van der Waals surface area (Å²) in [5.74, 6) is 0.240. The van der Waals surface area contributed by atoms with Gasteiger partial charge in [0.1, 0.15) is 5.75 Å². The molecule has 2 nitrogen and oxygen atoms in total. The SMILES string of the molecule is Oc1ccc(CN2CCCCCC2)c(Cl)c1. The minimum absolute atomic E-state index is 0.240. The molecule has 0 saturated carbocycles. The first kappa shape index (κ1) is 11.7. The van der Waals surface area contributed by atoms with E-state index < -0.39 is 0 Å². The average Bonchev–Trinajstić information content (AvgIpc) is 2.51. The van der Waals surface area contributed by atoms with Gasteiger partial charge >= 0.3 is 0 Å². The van der Waals surface area contributed by atoms with Crippen molar-refractivity contribution in [1.29, 1.82) is 0 Å². The number of aromatic hydroxyl groups is 1. The zero-order valence-electron chi connectivity index (χ0n) is 9.45. The van der Waals surface area contributed by atoms with Crippen LogP contribution in [0.5, 0.6) is 5.75 Å². The minimum atomic E-state index is 0.240. The highest BCUT2D eigenvalue weighted by molar-refractivity contribution is 6.31. The van der Waals surface area contributed by atoms with E-state index in [1.165, 1.54) is 25.7 Å². The Morgan fingerprint density at radius 2 is 1.81 bits per heavy atom. The molecule has 0 bridgehead atoms. The standard InChI is InChI=1S/C13H18ClNO/c14-13-9-12(16)6-5-11(13)10-15-7-3-1-2-4-8-15/h5-6,9,16H,1-4,7-8,10H2. The van der Waals surface area contributed by atoms with E-state index in [2.05, 4.69) is 4.90 Å². The number of rotatable bonds is 2. The topological polar surface area (TPSA) is 23.5 Å². The zero-order valence-corrected chi connectivity index (χ0v) is 10.2. The van der Waals surface area contributed by atoms with Crippen LogP contribution in [0.25, 0.3) is 0 Å². The average molecular weight is 240 g/mol. The third-order valence-corrected chi connectivity index (χ3v) is 3.48. The Hall–Kier alpha value is -0.730. The van der Waals surface area contributed by atoms with E-state index in [1.54, 1.807) is 12.1 Å². The van der Waals surface area contributed by atoms with Gasteiger partial charge in [-0.2, -0.15) is 0 Å². The van der Waals surface area contributed by atoms with Gasteiger partial charge in [-0.3, -0.25) is 4.90 Å². The number of phenolic OH excluding ortho intramolecular Hbond substituents is 1. The molecule has 0 atom stereocenters. The Bertz CT molecular complexity index is 346. The Labute approximate surface area is 102 Å². The molecule has 1 aromatic carbocycles. The minimum Gasteiger partial charge on any atom is -0.508 e. The maximum absolute atomic E-state index is 9.29. The summed E-state index contributed by atoms with van der Waals surface area (Å²) in [6.45, 7) is 3.23. The maximum atomic E-state index is 9.29. The molecule has 0 aromatic heterocycles. The van der Waals surface area contributed by atoms with Gasteiger partial charge in [0, 0.05) is 11.6 Å². The number of nitrogens with zero attached hydrogens (tertiary/aromatic N) is 1. The molecule has 0 unspecified atom stereocenters. The van der Waals surface area contributed by atoms with Gasteiger partial charge in [-0.1, -0.05) is 30.5 Å². The van der Waals surface area contributed by atoms with Gasteiger partial charge in [-0.05, 0) is 43.6 Å². The Kier molecular flexibility index (Phi) is 4.08. The van der Waals surface area contributed by atoms with Crippen LogP contribution < -0.4 is 0 Å². The van der Waals surface area contributed by atoms with Gasteiger partial charge in [0.15, 0.2) is 0 Å². The van der Waals surface area contributed by atoms with Crippen molar-refractivity contribution in [3.63, 3.8) is 0 Å². The van der Waals surface area contributed by atoms with Crippen molar-refractivity contribution in [2.45, 2.75) is 32.2 Å². The summed E-state index contributed by atoms with van der Waals surface area (Å²) >= 11 is 6.10. The predicted molar refractivity (Wildman–Crippen MR) is 66.9 cm³/mol. The Morgan fingerprint density at radius 3 is 2.44 bits per heavy atom. The van der Waals surface area contributed by atoms with Gasteiger partial charge in [-0.15, -0.1) is 0 Å². The number of likely N-dealkylation sites (tertiary alicyclic amines) is 1. The summed E-state index contributed by atoms with van der Waals surface area (Å²) in [5, 5.41) is 9.96. The fraction of sp³-hybridized carbons (Fsp3) is 0.538. The summed E-state index contributed by atoms with van der Waals surface area (Å²) in [7, 11) is 0. The summed E-state index contributed by atoms with van der Waals surface area (Å²) < 4.78 is 0. The van der Waals surface area contributed by atoms with Crippen molar-refractivity contribution in [1.82, 2.24) is 4.90 Å². The van der Waals surface area contributed by atoms with Gasteiger partial charge in [-0.25, -0.2) is 0 Å². The first-order valence-corrected chi connectivity index (χ1v) is 6.33. The van der Waals surface area contributed by atoms with Crippen molar-refractivity contribution in [3.05, 3.63) is 28.8 Å². The smallest absolute Gasteiger partial charge is 0.117 e. The number of hydrogen-bond acceptors (Lipinski definition) is 2. The summed E-state index contributed by atoms with van der Waals surface area (Å²) in [6, 6.07) is 5.25. The number of hydrogen-bond donors (Lipinski definition) is 1. The van der Waals surface area contributed by atoms with Gasteiger partial charge in [0.25, 0.3) is 0 Å². The molecule has 1 aliphatic heterocycles. The van der Waals surface area contributed by atoms with Crippen LogP contribution >= 0.6 is 11.6 Å². The Morgan fingerprint density at radius 1 is 1.12 bits per heavy atom. The van der Waals surface area contributed by atoms with Crippen molar-refractivity contribution >= 4 is 11.6 Å². The molecule has 0 spiro atoms. The highest BCUT2D eigenvalue weighted by Gasteiger charge is 2.11. The van der Waals surface area contributed by atoms with E-state index in [0.29, 0.717) is 5.02 Å². The molecule has 1 saturated heterocycles. The molecular formula is C13H18ClNO. The van der Waals surface area contributed by atoms with E-state index >= 15 is 0 Å². The van der Waals surface area contributed by atoms with Crippen molar-refractivity contribution in [2.24, 2.45) is 0 Å². The van der Waals surface area contributed by atoms with E-state index in [9.17, 15) is 5.11 Å². The van der Waals surface area contributed by atoms with Gasteiger partial charge < -0.3 is 5.11 Å². The van der Waals surface area contributed by atoms with E-state index in [-0.39, 0.29) is 5.75 Å². The van der Waals surface area contributed by atoms with Crippen molar-refractivity contribution < 1.29 is 5.11 Å². The molecular weight excluding hydrogens is 222 g/mol. The second-order valence-corrected chi connectivity index (χ2v) is 4.87. The van der Waals surface area contributed by atoms with Crippen molar-refractivity contribution in [2.75, 3.05) is 13.1 Å². The molecule has 1 fully saturated rings. The number of benzene rings is 1. The molecule has 3 heteroatoms. The lowest BCUT2D eigenvalue weighted by molar-refractivity contribution is 0.277. The lowest BCUT2D eigenvalue weighted by Gasteiger charge is -2.20. The van der Waals surface area contributed by atoms with E-state index in [0.717, 1.165) is 25.2 Å². The summed E-state index contributed by atoms with van der Waals surface area (Å²) in [5.41, 5.74) is 1.11. The Balaban J connectivity index is 2.01. The quantitative estimate of drug-likeness (QED) is 0.855. The van der Waals surface area contributed by atoms with Crippen LogP contribution in [-0.4, -0.2) is 23.1 Å². The lowest BCUT2D eigenvalue weighted by atomic mass is 10.2. The van der Waals surface area contributed by atoms with Crippen LogP contribution in [0.1, 0.15) is 31.2 Å². The lowest BCUT2D eigenvalue weighted by Crippen LogP contribution is -2.24. The summed E-state index contributed by atoms with van der Waals surface area (Å²) in [4.78, 5) is 2.45. The molecule has 16 heavy (non-hydrogen) atoms. The fourth-order valence-corrected chi connectivity index (χ4v) is 2.43. The third-order valence-electron chi connectivity index (χ3n) is 3.13. The molecule has 1 aromatic rings. The molecule has 0 radical (unpaired) electrons. The normalized spacial score (nSPS) is 18.3. The number of halogens is 1. The second kappa shape index (κ2) is 5.55. The molecule has 1 heterocycles. The molecule has 2 rings (SSSR count). The monoisotopic (exact) mass is 239 g/mol. The van der Waals surface area contributed by atoms with E-state index in [4.69, 9.17) is 11.6 Å². The van der Waals surface area contributed by atoms with Crippen LogP contribution in [0.15, 0.2) is 18.2 Å². The molecule has 0 aliphatic carbocycles. The second-order valence-electron chi connectivity index (χ2n) is 4.47.